The summed E-state index contributed by atoms with van der Waals surface area (Å²) < 4.78 is 2.21. The molecule has 3 rings (SSSR count). The fourth-order valence-electron chi connectivity index (χ4n) is 2.52. The first kappa shape index (κ1) is 12.7. The number of aromatic nitrogens is 2. The average molecular weight is 266 g/mol. The van der Waals surface area contributed by atoms with Crippen molar-refractivity contribution < 1.29 is 5.11 Å². The summed E-state index contributed by atoms with van der Waals surface area (Å²) in [5.74, 6) is 1.21. The van der Waals surface area contributed by atoms with E-state index in [2.05, 4.69) is 24.5 Å². The normalized spacial score (nSPS) is 11.4. The summed E-state index contributed by atoms with van der Waals surface area (Å²) >= 11 is 0. The van der Waals surface area contributed by atoms with Crippen LogP contribution in [0, 0.1) is 6.92 Å². The molecule has 0 unspecified atom stereocenters. The van der Waals surface area contributed by atoms with Crippen molar-refractivity contribution in [2.45, 2.75) is 26.8 Å². The van der Waals surface area contributed by atoms with Gasteiger partial charge in [0.25, 0.3) is 0 Å². The maximum atomic E-state index is 9.93. The molecule has 0 saturated heterocycles. The van der Waals surface area contributed by atoms with E-state index >= 15 is 0 Å². The van der Waals surface area contributed by atoms with Crippen LogP contribution in [0.2, 0.25) is 0 Å². The molecular weight excluding hydrogens is 248 g/mol. The Kier molecular flexibility index (Phi) is 2.97. The quantitative estimate of drug-likeness (QED) is 0.751. The van der Waals surface area contributed by atoms with Gasteiger partial charge < -0.3 is 9.67 Å². The lowest BCUT2D eigenvalue weighted by atomic mass is 10.1. The topological polar surface area (TPSA) is 38.0 Å². The zero-order chi connectivity index (χ0) is 14.3. The summed E-state index contributed by atoms with van der Waals surface area (Å²) in [7, 11) is 0. The Balaban J connectivity index is 2.29. The molecule has 0 saturated carbocycles. The molecule has 0 aliphatic heterocycles. The Hall–Kier alpha value is -2.29. The largest absolute Gasteiger partial charge is 0.508 e. The molecular formula is C17H18N2O. The molecule has 0 spiro atoms. The Bertz CT molecular complexity index is 772. The van der Waals surface area contributed by atoms with Crippen LogP contribution in [0.4, 0.5) is 0 Å². The van der Waals surface area contributed by atoms with Gasteiger partial charge in [-0.05, 0) is 44.5 Å². The summed E-state index contributed by atoms with van der Waals surface area (Å²) in [5, 5.41) is 9.93. The molecule has 0 aliphatic carbocycles. The fourth-order valence-corrected chi connectivity index (χ4v) is 2.52. The fraction of sp³-hybridized carbons (Fsp3) is 0.235. The van der Waals surface area contributed by atoms with E-state index in [0.717, 1.165) is 28.0 Å². The van der Waals surface area contributed by atoms with E-state index in [1.54, 1.807) is 6.07 Å². The summed E-state index contributed by atoms with van der Waals surface area (Å²) in [5.41, 5.74) is 3.92. The third-order valence-electron chi connectivity index (χ3n) is 3.58. The minimum Gasteiger partial charge on any atom is -0.508 e. The molecule has 3 nitrogen and oxygen atoms in total. The molecule has 0 aliphatic rings. The molecule has 3 heteroatoms. The molecule has 1 N–H and O–H groups in total. The molecule has 0 radical (unpaired) electrons. The van der Waals surface area contributed by atoms with Crippen LogP contribution in [0.5, 0.6) is 5.75 Å². The smallest absolute Gasteiger partial charge is 0.141 e. The van der Waals surface area contributed by atoms with Crippen molar-refractivity contribution in [3.05, 3.63) is 48.0 Å². The van der Waals surface area contributed by atoms with E-state index in [4.69, 9.17) is 4.98 Å². The lowest BCUT2D eigenvalue weighted by Gasteiger charge is -2.13. The van der Waals surface area contributed by atoms with Crippen LogP contribution in [-0.2, 0) is 0 Å². The first-order valence-electron chi connectivity index (χ1n) is 6.85. The highest BCUT2D eigenvalue weighted by molar-refractivity contribution is 5.81. The van der Waals surface area contributed by atoms with Crippen LogP contribution in [0.1, 0.15) is 25.5 Å². The lowest BCUT2D eigenvalue weighted by Crippen LogP contribution is -2.03. The van der Waals surface area contributed by atoms with Crippen molar-refractivity contribution in [3.8, 4) is 17.1 Å². The number of nitrogens with zero attached hydrogens (tertiary/aromatic N) is 2. The molecule has 3 aromatic rings. The molecule has 0 atom stereocenters. The SMILES string of the molecule is Cc1ccc(-c2nc3ccccc3n2C(C)C)cc1O. The van der Waals surface area contributed by atoms with Gasteiger partial charge in [0, 0.05) is 11.6 Å². The van der Waals surface area contributed by atoms with Crippen LogP contribution in [0.25, 0.3) is 22.4 Å². The second-order valence-electron chi connectivity index (χ2n) is 5.39. The molecule has 0 fully saturated rings. The number of fused-ring (bicyclic) bond motifs is 1. The van der Waals surface area contributed by atoms with Gasteiger partial charge in [-0.2, -0.15) is 0 Å². The number of benzene rings is 2. The average Bonchev–Trinajstić information content (AvgIpc) is 2.81. The van der Waals surface area contributed by atoms with Gasteiger partial charge in [-0.1, -0.05) is 24.3 Å². The van der Waals surface area contributed by atoms with Gasteiger partial charge in [0.1, 0.15) is 11.6 Å². The molecule has 20 heavy (non-hydrogen) atoms. The molecule has 2 aromatic carbocycles. The van der Waals surface area contributed by atoms with E-state index < -0.39 is 0 Å². The summed E-state index contributed by atoms with van der Waals surface area (Å²) in [6, 6.07) is 14.2. The van der Waals surface area contributed by atoms with E-state index in [-0.39, 0.29) is 0 Å². The number of phenols is 1. The van der Waals surface area contributed by atoms with Crippen LogP contribution in [0.15, 0.2) is 42.5 Å². The maximum absolute atomic E-state index is 9.93. The van der Waals surface area contributed by atoms with Crippen LogP contribution < -0.4 is 0 Å². The standard InChI is InChI=1S/C17H18N2O/c1-11(2)19-15-7-5-4-6-14(15)18-17(19)13-9-8-12(3)16(20)10-13/h4-11,20H,1-3H3. The zero-order valence-corrected chi connectivity index (χ0v) is 12.0. The van der Waals surface area contributed by atoms with Crippen molar-refractivity contribution in [1.29, 1.82) is 0 Å². The first-order valence-corrected chi connectivity index (χ1v) is 6.85. The molecule has 102 valence electrons. The van der Waals surface area contributed by atoms with E-state index in [0.29, 0.717) is 11.8 Å². The van der Waals surface area contributed by atoms with E-state index in [1.165, 1.54) is 0 Å². The van der Waals surface area contributed by atoms with Gasteiger partial charge in [0.05, 0.1) is 11.0 Å². The van der Waals surface area contributed by atoms with Gasteiger partial charge >= 0.3 is 0 Å². The number of aromatic hydroxyl groups is 1. The lowest BCUT2D eigenvalue weighted by molar-refractivity contribution is 0.471. The highest BCUT2D eigenvalue weighted by Crippen LogP contribution is 2.30. The predicted octanol–water partition coefficient (Wildman–Crippen LogP) is 4.30. The number of rotatable bonds is 2. The summed E-state index contributed by atoms with van der Waals surface area (Å²) in [4.78, 5) is 4.73. The molecule has 1 aromatic heterocycles. The second kappa shape index (κ2) is 4.67. The van der Waals surface area contributed by atoms with Crippen molar-refractivity contribution >= 4 is 11.0 Å². The third kappa shape index (κ3) is 1.95. The number of imidazole rings is 1. The third-order valence-corrected chi connectivity index (χ3v) is 3.58. The van der Waals surface area contributed by atoms with Gasteiger partial charge in [0.15, 0.2) is 0 Å². The van der Waals surface area contributed by atoms with Gasteiger partial charge in [0.2, 0.25) is 0 Å². The van der Waals surface area contributed by atoms with Crippen LogP contribution in [0.3, 0.4) is 0 Å². The molecule has 0 amide bonds. The highest BCUT2D eigenvalue weighted by Gasteiger charge is 2.15. The number of hydrogen-bond donors (Lipinski definition) is 1. The molecule has 0 bridgehead atoms. The van der Waals surface area contributed by atoms with Crippen molar-refractivity contribution in [2.75, 3.05) is 0 Å². The van der Waals surface area contributed by atoms with Crippen molar-refractivity contribution in [3.63, 3.8) is 0 Å². The van der Waals surface area contributed by atoms with Gasteiger partial charge in [-0.15, -0.1) is 0 Å². The number of phenolic OH excluding ortho intramolecular Hbond substituents is 1. The van der Waals surface area contributed by atoms with Crippen LogP contribution in [-0.4, -0.2) is 14.7 Å². The number of hydrogen-bond acceptors (Lipinski definition) is 2. The minimum atomic E-state index is 0.306. The summed E-state index contributed by atoms with van der Waals surface area (Å²) in [6.07, 6.45) is 0. The second-order valence-corrected chi connectivity index (χ2v) is 5.39. The predicted molar refractivity (Wildman–Crippen MR) is 82.0 cm³/mol. The zero-order valence-electron chi connectivity index (χ0n) is 12.0. The monoisotopic (exact) mass is 266 g/mol. The number of para-hydroxylation sites is 2. The maximum Gasteiger partial charge on any atom is 0.141 e. The van der Waals surface area contributed by atoms with Crippen molar-refractivity contribution in [1.82, 2.24) is 9.55 Å². The Labute approximate surface area is 118 Å². The Morgan fingerprint density at radius 1 is 1.10 bits per heavy atom. The van der Waals surface area contributed by atoms with Gasteiger partial charge in [-0.3, -0.25) is 0 Å². The highest BCUT2D eigenvalue weighted by atomic mass is 16.3. The molecule has 1 heterocycles. The minimum absolute atomic E-state index is 0.306. The van der Waals surface area contributed by atoms with Gasteiger partial charge in [-0.25, -0.2) is 4.98 Å². The van der Waals surface area contributed by atoms with Crippen LogP contribution >= 0.6 is 0 Å². The Morgan fingerprint density at radius 2 is 1.85 bits per heavy atom. The first-order chi connectivity index (χ1) is 9.58. The van der Waals surface area contributed by atoms with Crippen molar-refractivity contribution in [2.24, 2.45) is 0 Å². The Morgan fingerprint density at radius 3 is 2.55 bits per heavy atom. The summed E-state index contributed by atoms with van der Waals surface area (Å²) in [6.45, 7) is 6.18. The van der Waals surface area contributed by atoms with E-state index in [9.17, 15) is 5.11 Å². The van der Waals surface area contributed by atoms with E-state index in [1.807, 2.05) is 37.3 Å². The number of aryl methyl sites for hydroxylation is 1.